The lowest BCUT2D eigenvalue weighted by Crippen LogP contribution is -3.14. The van der Waals surface area contributed by atoms with Crippen LogP contribution in [0.2, 0.25) is 0 Å². The molecular weight excluding hydrogens is 320 g/mol. The van der Waals surface area contributed by atoms with E-state index in [0.29, 0.717) is 25.7 Å². The smallest absolute Gasteiger partial charge is 0.314 e. The van der Waals surface area contributed by atoms with Crippen molar-refractivity contribution < 1.29 is 19.2 Å². The first-order valence-corrected chi connectivity index (χ1v) is 9.51. The summed E-state index contributed by atoms with van der Waals surface area (Å²) in [6.07, 6.45) is 8.27. The predicted molar refractivity (Wildman–Crippen MR) is 93.3 cm³/mol. The summed E-state index contributed by atoms with van der Waals surface area (Å²) in [6, 6.07) is 2.27. The van der Waals surface area contributed by atoms with E-state index in [-0.39, 0.29) is 17.8 Å². The highest BCUT2D eigenvalue weighted by Gasteiger charge is 2.31. The summed E-state index contributed by atoms with van der Waals surface area (Å²) >= 11 is 0. The van der Waals surface area contributed by atoms with Crippen LogP contribution >= 0.6 is 0 Å². The second-order valence-electron chi connectivity index (χ2n) is 7.12. The molecule has 1 aromatic heterocycles. The summed E-state index contributed by atoms with van der Waals surface area (Å²) in [5.74, 6) is 0.564. The second-order valence-corrected chi connectivity index (χ2v) is 7.12. The highest BCUT2D eigenvalue weighted by atomic mass is 16.5. The van der Waals surface area contributed by atoms with Crippen LogP contribution in [0.25, 0.3) is 0 Å². The van der Waals surface area contributed by atoms with Crippen molar-refractivity contribution in [2.45, 2.75) is 51.5 Å². The number of nitrogens with one attached hydrogen (secondary N) is 2. The lowest BCUT2D eigenvalue weighted by atomic mass is 9.98. The zero-order chi connectivity index (χ0) is 17.6. The van der Waals surface area contributed by atoms with Crippen LogP contribution in [0.3, 0.4) is 0 Å². The van der Waals surface area contributed by atoms with Crippen molar-refractivity contribution in [3.63, 3.8) is 0 Å². The van der Waals surface area contributed by atoms with Gasteiger partial charge in [0.15, 0.2) is 6.54 Å². The van der Waals surface area contributed by atoms with Gasteiger partial charge in [-0.3, -0.25) is 9.59 Å². The number of rotatable bonds is 6. The van der Waals surface area contributed by atoms with Gasteiger partial charge in [-0.15, -0.1) is 0 Å². The van der Waals surface area contributed by atoms with Crippen molar-refractivity contribution in [1.29, 1.82) is 0 Å². The van der Waals surface area contributed by atoms with Crippen LogP contribution in [0.4, 0.5) is 5.82 Å². The maximum absolute atomic E-state index is 12.5. The van der Waals surface area contributed by atoms with Gasteiger partial charge in [0.1, 0.15) is 11.7 Å². The molecule has 1 saturated carbocycles. The molecule has 1 amide bonds. The van der Waals surface area contributed by atoms with E-state index in [9.17, 15) is 9.59 Å². The van der Waals surface area contributed by atoms with Gasteiger partial charge in [-0.1, -0.05) is 12.8 Å². The number of hydrogen-bond donors (Lipinski definition) is 2. The molecule has 0 spiro atoms. The zero-order valence-electron chi connectivity index (χ0n) is 15.0. The minimum absolute atomic E-state index is 0.0146. The molecule has 2 heterocycles. The molecule has 2 fully saturated rings. The molecule has 1 unspecified atom stereocenters. The first-order valence-electron chi connectivity index (χ1n) is 9.51. The summed E-state index contributed by atoms with van der Waals surface area (Å²) < 4.78 is 7.08. The minimum Gasteiger partial charge on any atom is -0.466 e. The number of quaternary nitrogens is 1. The number of hydrogen-bond acceptors (Lipinski definition) is 4. The molecule has 1 aliphatic heterocycles. The maximum Gasteiger partial charge on any atom is 0.314 e. The van der Waals surface area contributed by atoms with Gasteiger partial charge < -0.3 is 15.0 Å². The Hall–Kier alpha value is -1.89. The van der Waals surface area contributed by atoms with E-state index in [2.05, 4.69) is 10.4 Å². The number of carbonyl (C=O) groups excluding carboxylic acids is 2. The maximum atomic E-state index is 12.5. The van der Waals surface area contributed by atoms with E-state index in [4.69, 9.17) is 4.74 Å². The normalized spacial score (nSPS) is 24.2. The number of anilines is 1. The van der Waals surface area contributed by atoms with E-state index in [0.717, 1.165) is 42.9 Å². The largest absolute Gasteiger partial charge is 0.466 e. The number of ether oxygens (including phenoxy) is 1. The van der Waals surface area contributed by atoms with Crippen molar-refractivity contribution in [3.05, 3.63) is 12.3 Å². The first-order chi connectivity index (χ1) is 12.2. The van der Waals surface area contributed by atoms with Crippen LogP contribution in [0, 0.1) is 5.92 Å². The molecule has 1 saturated heterocycles. The van der Waals surface area contributed by atoms with Gasteiger partial charge in [0.25, 0.3) is 5.91 Å². The number of esters is 1. The van der Waals surface area contributed by atoms with Gasteiger partial charge in [0.2, 0.25) is 0 Å². The molecule has 7 nitrogen and oxygen atoms in total. The fourth-order valence-electron chi connectivity index (χ4n) is 4.04. The SMILES string of the molecule is CCOC(=O)[C@@H]1CCC[NH+](CC(=O)Nc2ccnn2C2CCCC2)C1. The number of likely N-dealkylation sites (tertiary alicyclic amines) is 1. The Kier molecular flexibility index (Phi) is 6.07. The van der Waals surface area contributed by atoms with Crippen molar-refractivity contribution in [2.75, 3.05) is 31.6 Å². The van der Waals surface area contributed by atoms with Gasteiger partial charge in [-0.05, 0) is 32.6 Å². The van der Waals surface area contributed by atoms with Gasteiger partial charge in [-0.25, -0.2) is 4.68 Å². The summed E-state index contributed by atoms with van der Waals surface area (Å²) in [5.41, 5.74) is 0. The summed E-state index contributed by atoms with van der Waals surface area (Å²) in [6.45, 7) is 4.22. The summed E-state index contributed by atoms with van der Waals surface area (Å²) in [4.78, 5) is 25.5. The molecule has 2 N–H and O–H groups in total. The third-order valence-corrected chi connectivity index (χ3v) is 5.26. The van der Waals surface area contributed by atoms with Crippen LogP contribution in [0.1, 0.15) is 51.5 Å². The summed E-state index contributed by atoms with van der Waals surface area (Å²) in [5, 5.41) is 7.40. The molecule has 7 heteroatoms. The number of nitrogens with zero attached hydrogens (tertiary/aromatic N) is 2. The van der Waals surface area contributed by atoms with Crippen LogP contribution in [-0.4, -0.2) is 47.9 Å². The fraction of sp³-hybridized carbons (Fsp3) is 0.722. The van der Waals surface area contributed by atoms with Crippen LogP contribution in [0.5, 0.6) is 0 Å². The Morgan fingerprint density at radius 3 is 2.88 bits per heavy atom. The quantitative estimate of drug-likeness (QED) is 0.745. The molecule has 0 radical (unpaired) electrons. The molecule has 25 heavy (non-hydrogen) atoms. The Morgan fingerprint density at radius 1 is 1.32 bits per heavy atom. The first kappa shape index (κ1) is 17.9. The molecule has 0 bridgehead atoms. The van der Waals surface area contributed by atoms with Gasteiger partial charge in [0.05, 0.1) is 31.9 Å². The van der Waals surface area contributed by atoms with Crippen LogP contribution in [0.15, 0.2) is 12.3 Å². The van der Waals surface area contributed by atoms with Crippen LogP contribution in [-0.2, 0) is 14.3 Å². The Morgan fingerprint density at radius 2 is 2.12 bits per heavy atom. The highest BCUT2D eigenvalue weighted by molar-refractivity contribution is 5.90. The lowest BCUT2D eigenvalue weighted by Gasteiger charge is -2.28. The summed E-state index contributed by atoms with van der Waals surface area (Å²) in [7, 11) is 0. The van der Waals surface area contributed by atoms with Crippen molar-refractivity contribution in [1.82, 2.24) is 9.78 Å². The molecule has 2 atom stereocenters. The van der Waals surface area contributed by atoms with Gasteiger partial charge in [-0.2, -0.15) is 5.10 Å². The Labute approximate surface area is 148 Å². The van der Waals surface area contributed by atoms with E-state index in [1.165, 1.54) is 12.8 Å². The molecule has 1 aliphatic carbocycles. The predicted octanol–water partition coefficient (Wildman–Crippen LogP) is 0.795. The third kappa shape index (κ3) is 4.60. The number of amides is 1. The van der Waals surface area contributed by atoms with Gasteiger partial charge >= 0.3 is 5.97 Å². The van der Waals surface area contributed by atoms with Crippen molar-refractivity contribution in [3.8, 4) is 0 Å². The topological polar surface area (TPSA) is 77.7 Å². The molecule has 2 aliphatic rings. The highest BCUT2D eigenvalue weighted by Crippen LogP contribution is 2.31. The molecular formula is C18H29N4O3+. The van der Waals surface area contributed by atoms with Gasteiger partial charge in [0, 0.05) is 6.07 Å². The molecule has 3 rings (SSSR count). The van der Waals surface area contributed by atoms with Crippen LogP contribution < -0.4 is 10.2 Å². The number of piperidine rings is 1. The second kappa shape index (κ2) is 8.47. The lowest BCUT2D eigenvalue weighted by molar-refractivity contribution is -0.899. The molecule has 1 aromatic rings. The Bertz CT molecular complexity index is 595. The van der Waals surface area contributed by atoms with E-state index < -0.39 is 0 Å². The Balaban J connectivity index is 1.52. The van der Waals surface area contributed by atoms with E-state index in [1.807, 2.05) is 17.7 Å². The average Bonchev–Trinajstić information content (AvgIpc) is 3.26. The zero-order valence-corrected chi connectivity index (χ0v) is 15.0. The van der Waals surface area contributed by atoms with Crippen molar-refractivity contribution in [2.24, 2.45) is 5.92 Å². The van der Waals surface area contributed by atoms with E-state index >= 15 is 0 Å². The molecule has 0 aromatic carbocycles. The monoisotopic (exact) mass is 349 g/mol. The fourth-order valence-corrected chi connectivity index (χ4v) is 4.04. The van der Waals surface area contributed by atoms with Crippen molar-refractivity contribution >= 4 is 17.7 Å². The minimum atomic E-state index is -0.126. The standard InChI is InChI=1S/C18H28N4O3/c1-2-25-18(24)14-6-5-11-21(12-14)13-17(23)20-16-9-10-19-22(16)15-7-3-4-8-15/h9-10,14-15H,2-8,11-13H2,1H3,(H,20,23)/p+1/t14-/m1/s1. The average molecular weight is 349 g/mol. The molecule has 138 valence electrons. The number of aromatic nitrogens is 2. The van der Waals surface area contributed by atoms with E-state index in [1.54, 1.807) is 6.20 Å². The third-order valence-electron chi connectivity index (χ3n) is 5.26. The number of carbonyl (C=O) groups is 2.